The molecule has 0 amide bonds. The largest absolute Gasteiger partial charge is 0.295 e. The lowest BCUT2D eigenvalue weighted by Crippen LogP contribution is -2.42. The third-order valence-electron chi connectivity index (χ3n) is 3.67. The van der Waals surface area contributed by atoms with Crippen LogP contribution in [0.3, 0.4) is 0 Å². The maximum atomic E-state index is 12.6. The second-order valence-electron chi connectivity index (χ2n) is 6.54. The fraction of sp³-hybridized carbons (Fsp3) is 0.812. The van der Waals surface area contributed by atoms with Gasteiger partial charge in [0.05, 0.1) is 10.8 Å². The fourth-order valence-electron chi connectivity index (χ4n) is 2.58. The number of nitrogens with zero attached hydrogens (tertiary/aromatic N) is 1. The van der Waals surface area contributed by atoms with E-state index in [1.165, 1.54) is 19.3 Å². The van der Waals surface area contributed by atoms with Crippen LogP contribution in [-0.2, 0) is 15.8 Å². The highest BCUT2D eigenvalue weighted by atomic mass is 32.2. The molecule has 0 radical (unpaired) electrons. The molecule has 0 aromatic rings. The van der Waals surface area contributed by atoms with E-state index in [0.717, 1.165) is 18.4 Å². The van der Waals surface area contributed by atoms with Gasteiger partial charge in [0.25, 0.3) is 0 Å². The molecular weight excluding hydrogens is 270 g/mol. The van der Waals surface area contributed by atoms with Crippen molar-refractivity contribution in [1.29, 1.82) is 0 Å². The molecule has 1 rings (SSSR count). The number of unbranched alkanes of at least 4 members (excludes halogenated alkanes) is 3. The zero-order valence-electron chi connectivity index (χ0n) is 13.6. The Kier molecular flexibility index (Phi) is 6.59. The second kappa shape index (κ2) is 7.51. The minimum absolute atomic E-state index is 0.0458. The van der Waals surface area contributed by atoms with Gasteiger partial charge < -0.3 is 0 Å². The summed E-state index contributed by atoms with van der Waals surface area (Å²) in [7, 11) is -1.06. The monoisotopic (exact) mass is 299 g/mol. The first-order chi connectivity index (χ1) is 9.29. The lowest BCUT2D eigenvalue weighted by atomic mass is 10.00. The zero-order chi connectivity index (χ0) is 15.3. The van der Waals surface area contributed by atoms with Crippen molar-refractivity contribution in [2.75, 3.05) is 6.54 Å². The first kappa shape index (κ1) is 17.6. The Morgan fingerprint density at radius 1 is 1.35 bits per heavy atom. The summed E-state index contributed by atoms with van der Waals surface area (Å²) in [6, 6.07) is 0.0458. The maximum Gasteiger partial charge on any atom is 0.157 e. The van der Waals surface area contributed by atoms with Crippen LogP contribution in [0, 0.1) is 0 Å². The third-order valence-corrected chi connectivity index (χ3v) is 5.55. The fourth-order valence-corrected chi connectivity index (χ4v) is 3.95. The van der Waals surface area contributed by atoms with Crippen molar-refractivity contribution < 1.29 is 9.00 Å². The van der Waals surface area contributed by atoms with Crippen molar-refractivity contribution in [3.8, 4) is 0 Å². The van der Waals surface area contributed by atoms with Crippen LogP contribution < -0.4 is 0 Å². The number of Topliss-reactive ketones (excluding diaryl/α,β-unsaturated/α-hetero) is 1. The molecule has 0 aliphatic carbocycles. The second-order valence-corrected chi connectivity index (χ2v) is 8.73. The molecule has 3 nitrogen and oxygen atoms in total. The van der Waals surface area contributed by atoms with E-state index >= 15 is 0 Å². The van der Waals surface area contributed by atoms with E-state index in [-0.39, 0.29) is 16.6 Å². The normalized spacial score (nSPS) is 21.9. The summed E-state index contributed by atoms with van der Waals surface area (Å²) in [5, 5.41) is 0. The molecule has 0 unspecified atom stereocenters. The average Bonchev–Trinajstić information content (AvgIpc) is 2.76. The predicted molar refractivity (Wildman–Crippen MR) is 85.9 cm³/mol. The van der Waals surface area contributed by atoms with E-state index in [2.05, 4.69) is 6.92 Å². The molecule has 116 valence electrons. The SMILES string of the molecule is CCCCCC[C@@H]1C(C(C)=O)=CCN1[S@](=O)C(C)(C)C. The van der Waals surface area contributed by atoms with E-state index in [0.29, 0.717) is 6.54 Å². The summed E-state index contributed by atoms with van der Waals surface area (Å²) in [4.78, 5) is 11.8. The molecule has 0 aromatic carbocycles. The molecule has 0 spiro atoms. The molecule has 1 aliphatic rings. The van der Waals surface area contributed by atoms with Gasteiger partial charge in [-0.25, -0.2) is 8.51 Å². The highest BCUT2D eigenvalue weighted by Gasteiger charge is 2.36. The molecule has 4 heteroatoms. The molecule has 1 aliphatic heterocycles. The van der Waals surface area contributed by atoms with Crippen LogP contribution in [-0.4, -0.2) is 31.6 Å². The van der Waals surface area contributed by atoms with Crippen molar-refractivity contribution in [2.24, 2.45) is 0 Å². The first-order valence-corrected chi connectivity index (χ1v) is 8.79. The molecule has 0 aromatic heterocycles. The van der Waals surface area contributed by atoms with E-state index in [1.54, 1.807) is 6.92 Å². The molecule has 1 heterocycles. The molecule has 20 heavy (non-hydrogen) atoms. The van der Waals surface area contributed by atoms with E-state index in [4.69, 9.17) is 0 Å². The summed E-state index contributed by atoms with van der Waals surface area (Å²) in [6.07, 6.45) is 7.63. The summed E-state index contributed by atoms with van der Waals surface area (Å²) < 4.78 is 14.4. The number of hydrogen-bond acceptors (Lipinski definition) is 2. The smallest absolute Gasteiger partial charge is 0.157 e. The van der Waals surface area contributed by atoms with E-state index in [1.807, 2.05) is 31.2 Å². The highest BCUT2D eigenvalue weighted by molar-refractivity contribution is 7.84. The van der Waals surface area contributed by atoms with Crippen molar-refractivity contribution in [3.05, 3.63) is 11.6 Å². The van der Waals surface area contributed by atoms with Gasteiger partial charge >= 0.3 is 0 Å². The van der Waals surface area contributed by atoms with Crippen molar-refractivity contribution in [1.82, 2.24) is 4.31 Å². The Bertz CT molecular complexity index is 396. The van der Waals surface area contributed by atoms with Crippen molar-refractivity contribution >= 4 is 16.8 Å². The number of rotatable bonds is 7. The molecule has 0 saturated carbocycles. The Hall–Kier alpha value is -0.480. The third kappa shape index (κ3) is 4.52. The van der Waals surface area contributed by atoms with Crippen LogP contribution in [0.5, 0.6) is 0 Å². The van der Waals surface area contributed by atoms with Gasteiger partial charge in [0, 0.05) is 12.1 Å². The van der Waals surface area contributed by atoms with Gasteiger partial charge in [-0.15, -0.1) is 0 Å². The van der Waals surface area contributed by atoms with Crippen LogP contribution in [0.1, 0.15) is 66.7 Å². The standard InChI is InChI=1S/C16H29NO2S/c1-6-7-8-9-10-15-14(13(2)18)11-12-17(15)20(19)16(3,4)5/h11,15H,6-10,12H2,1-5H3/t15-,20-/m1/s1. The zero-order valence-corrected chi connectivity index (χ0v) is 14.4. The van der Waals surface area contributed by atoms with Gasteiger partial charge in [0.2, 0.25) is 0 Å². The van der Waals surface area contributed by atoms with Crippen LogP contribution in [0.2, 0.25) is 0 Å². The summed E-state index contributed by atoms with van der Waals surface area (Å²) in [6.45, 7) is 10.4. The van der Waals surface area contributed by atoms with Crippen LogP contribution in [0.15, 0.2) is 11.6 Å². The number of carbonyl (C=O) groups excluding carboxylic acids is 1. The van der Waals surface area contributed by atoms with Gasteiger partial charge in [-0.2, -0.15) is 0 Å². The number of hydrogen-bond donors (Lipinski definition) is 0. The number of carbonyl (C=O) groups is 1. The number of ketones is 1. The first-order valence-electron chi connectivity index (χ1n) is 7.68. The van der Waals surface area contributed by atoms with Gasteiger partial charge in [-0.3, -0.25) is 4.79 Å². The van der Waals surface area contributed by atoms with E-state index in [9.17, 15) is 9.00 Å². The minimum atomic E-state index is -1.06. The van der Waals surface area contributed by atoms with Gasteiger partial charge in [0.1, 0.15) is 11.0 Å². The van der Waals surface area contributed by atoms with E-state index < -0.39 is 11.0 Å². The molecular formula is C16H29NO2S. The van der Waals surface area contributed by atoms with Crippen LogP contribution in [0.4, 0.5) is 0 Å². The molecule has 2 atom stereocenters. The Morgan fingerprint density at radius 2 is 2.00 bits per heavy atom. The van der Waals surface area contributed by atoms with Crippen LogP contribution in [0.25, 0.3) is 0 Å². The van der Waals surface area contributed by atoms with Crippen LogP contribution >= 0.6 is 0 Å². The maximum absolute atomic E-state index is 12.6. The quantitative estimate of drug-likeness (QED) is 0.673. The Labute approximate surface area is 126 Å². The minimum Gasteiger partial charge on any atom is -0.295 e. The molecule has 0 fully saturated rings. The van der Waals surface area contributed by atoms with Gasteiger partial charge in [-0.05, 0) is 34.1 Å². The lowest BCUT2D eigenvalue weighted by Gasteiger charge is -2.31. The summed E-state index contributed by atoms with van der Waals surface area (Å²) in [5.41, 5.74) is 0.860. The Morgan fingerprint density at radius 3 is 2.50 bits per heavy atom. The van der Waals surface area contributed by atoms with Crippen molar-refractivity contribution in [2.45, 2.75) is 77.5 Å². The average molecular weight is 299 g/mol. The highest BCUT2D eigenvalue weighted by Crippen LogP contribution is 2.29. The van der Waals surface area contributed by atoms with Crippen molar-refractivity contribution in [3.63, 3.8) is 0 Å². The van der Waals surface area contributed by atoms with Gasteiger partial charge in [-0.1, -0.05) is 38.7 Å². The topological polar surface area (TPSA) is 37.4 Å². The molecule has 0 bridgehead atoms. The molecule has 0 N–H and O–H groups in total. The Balaban J connectivity index is 2.75. The van der Waals surface area contributed by atoms with Gasteiger partial charge in [0.15, 0.2) is 5.78 Å². The predicted octanol–water partition coefficient (Wildman–Crippen LogP) is 3.62. The molecule has 0 saturated heterocycles. The summed E-state index contributed by atoms with van der Waals surface area (Å²) in [5.74, 6) is 0.124. The lowest BCUT2D eigenvalue weighted by molar-refractivity contribution is -0.113. The summed E-state index contributed by atoms with van der Waals surface area (Å²) >= 11 is 0.